The smallest absolute Gasteiger partial charge is 0.315 e. The number of benzene rings is 1. The van der Waals surface area contributed by atoms with Gasteiger partial charge < -0.3 is 19.9 Å². The molecule has 2 aromatic heterocycles. The normalized spacial score (nSPS) is 18.9. The molecule has 0 radical (unpaired) electrons. The van der Waals surface area contributed by atoms with Crippen molar-refractivity contribution in [1.82, 2.24) is 35.2 Å². The lowest BCUT2D eigenvalue weighted by Crippen LogP contribution is -2.43. The van der Waals surface area contributed by atoms with E-state index >= 15 is 0 Å². The van der Waals surface area contributed by atoms with Gasteiger partial charge in [0, 0.05) is 24.7 Å². The van der Waals surface area contributed by atoms with E-state index in [0.717, 1.165) is 23.6 Å². The molecule has 1 saturated heterocycles. The first kappa shape index (κ1) is 18.2. The molecule has 0 saturated carbocycles. The Morgan fingerprint density at radius 3 is 2.96 bits per heavy atom. The van der Waals surface area contributed by atoms with Crippen LogP contribution in [-0.2, 0) is 17.8 Å². The number of hydrogen-bond acceptors (Lipinski definition) is 5. The number of hydrogen-bond donors (Lipinski definition) is 2. The molecule has 4 rings (SSSR count). The van der Waals surface area contributed by atoms with Crippen molar-refractivity contribution in [2.75, 3.05) is 6.61 Å². The molecule has 3 heterocycles. The number of amides is 2. The van der Waals surface area contributed by atoms with Gasteiger partial charge in [-0.05, 0) is 25.5 Å². The van der Waals surface area contributed by atoms with Crippen LogP contribution in [0.4, 0.5) is 4.79 Å². The van der Waals surface area contributed by atoms with Crippen LogP contribution in [0.15, 0.2) is 48.9 Å². The second-order valence-electron chi connectivity index (χ2n) is 6.53. The minimum atomic E-state index is -0.304. The third-order valence-corrected chi connectivity index (χ3v) is 4.66. The predicted molar refractivity (Wildman–Crippen MR) is 102 cm³/mol. The van der Waals surface area contributed by atoms with E-state index in [1.165, 1.54) is 0 Å². The van der Waals surface area contributed by atoms with Crippen LogP contribution in [0, 0.1) is 0 Å². The average Bonchev–Trinajstić information content (AvgIpc) is 3.47. The fourth-order valence-electron chi connectivity index (χ4n) is 3.28. The van der Waals surface area contributed by atoms with Gasteiger partial charge in [0.2, 0.25) is 0 Å². The number of para-hydroxylation sites is 1. The number of imidazole rings is 1. The van der Waals surface area contributed by atoms with E-state index in [1.807, 2.05) is 48.0 Å². The van der Waals surface area contributed by atoms with Gasteiger partial charge in [0.25, 0.3) is 0 Å². The summed E-state index contributed by atoms with van der Waals surface area (Å²) < 4.78 is 7.89. The van der Waals surface area contributed by atoms with Crippen molar-refractivity contribution in [2.24, 2.45) is 0 Å². The topological polar surface area (TPSA) is 98.9 Å². The number of urea groups is 1. The zero-order valence-corrected chi connectivity index (χ0v) is 15.7. The van der Waals surface area contributed by atoms with Gasteiger partial charge in [-0.1, -0.05) is 18.2 Å². The molecule has 1 fully saturated rings. The van der Waals surface area contributed by atoms with Crippen molar-refractivity contribution in [3.8, 4) is 5.69 Å². The molecular formula is C19H23N7O2. The van der Waals surface area contributed by atoms with Crippen molar-refractivity contribution in [3.05, 3.63) is 60.4 Å². The van der Waals surface area contributed by atoms with Crippen molar-refractivity contribution in [1.29, 1.82) is 0 Å². The number of aryl methyl sites for hydroxylation is 1. The third kappa shape index (κ3) is 3.89. The molecule has 0 aliphatic carbocycles. The van der Waals surface area contributed by atoms with Crippen LogP contribution >= 0.6 is 0 Å². The maximum atomic E-state index is 12.4. The number of nitrogens with one attached hydrogen (secondary N) is 2. The largest absolute Gasteiger partial charge is 0.368 e. The van der Waals surface area contributed by atoms with Crippen LogP contribution in [0.2, 0.25) is 0 Å². The summed E-state index contributed by atoms with van der Waals surface area (Å²) in [5.41, 5.74) is 1.73. The molecule has 9 heteroatoms. The molecule has 28 heavy (non-hydrogen) atoms. The Labute approximate surface area is 162 Å². The summed E-state index contributed by atoms with van der Waals surface area (Å²) in [6, 6.07) is 9.54. The Morgan fingerprint density at radius 2 is 2.18 bits per heavy atom. The van der Waals surface area contributed by atoms with E-state index in [-0.39, 0.29) is 18.2 Å². The van der Waals surface area contributed by atoms with Gasteiger partial charge in [-0.25, -0.2) is 9.78 Å². The molecule has 1 aromatic carbocycles. The highest BCUT2D eigenvalue weighted by Crippen LogP contribution is 2.29. The van der Waals surface area contributed by atoms with E-state index in [2.05, 4.69) is 25.8 Å². The molecule has 0 unspecified atom stereocenters. The Bertz CT molecular complexity index is 921. The van der Waals surface area contributed by atoms with Crippen LogP contribution in [-0.4, -0.2) is 43.2 Å². The highest BCUT2D eigenvalue weighted by atomic mass is 16.5. The molecule has 9 nitrogen and oxygen atoms in total. The Kier molecular flexibility index (Phi) is 5.34. The molecule has 1 aliphatic rings. The van der Waals surface area contributed by atoms with E-state index in [0.29, 0.717) is 19.7 Å². The van der Waals surface area contributed by atoms with E-state index < -0.39 is 0 Å². The van der Waals surface area contributed by atoms with Gasteiger partial charge in [-0.2, -0.15) is 15.0 Å². The molecular weight excluding hydrogens is 358 g/mol. The molecule has 0 bridgehead atoms. The van der Waals surface area contributed by atoms with Crippen LogP contribution in [0.5, 0.6) is 0 Å². The van der Waals surface area contributed by atoms with E-state index in [9.17, 15) is 4.79 Å². The SMILES string of the molecule is CCn1ncc(CNC(=O)N[C@H]2CCO[C@@H]2c2nccn2-c2ccccc2)n1. The number of nitrogens with zero attached hydrogens (tertiary/aromatic N) is 5. The zero-order valence-electron chi connectivity index (χ0n) is 15.7. The lowest BCUT2D eigenvalue weighted by Gasteiger charge is -2.20. The predicted octanol–water partition coefficient (Wildman–Crippen LogP) is 1.81. The van der Waals surface area contributed by atoms with Gasteiger partial charge in [0.1, 0.15) is 17.6 Å². The van der Waals surface area contributed by atoms with Crippen molar-refractivity contribution < 1.29 is 9.53 Å². The van der Waals surface area contributed by atoms with Gasteiger partial charge in [0.05, 0.1) is 25.3 Å². The molecule has 146 valence electrons. The first-order valence-electron chi connectivity index (χ1n) is 9.38. The van der Waals surface area contributed by atoms with Gasteiger partial charge in [-0.15, -0.1) is 0 Å². The monoisotopic (exact) mass is 381 g/mol. The second-order valence-corrected chi connectivity index (χ2v) is 6.53. The number of ether oxygens (including phenoxy) is 1. The minimum Gasteiger partial charge on any atom is -0.368 e. The Morgan fingerprint density at radius 1 is 1.32 bits per heavy atom. The highest BCUT2D eigenvalue weighted by molar-refractivity contribution is 5.74. The first-order chi connectivity index (χ1) is 13.7. The van der Waals surface area contributed by atoms with Gasteiger partial charge in [-0.3, -0.25) is 0 Å². The number of carbonyl (C=O) groups is 1. The summed E-state index contributed by atoms with van der Waals surface area (Å²) in [6.07, 6.45) is 5.73. The second kappa shape index (κ2) is 8.22. The zero-order chi connectivity index (χ0) is 19.3. The Balaban J connectivity index is 1.40. The molecule has 3 aromatic rings. The van der Waals surface area contributed by atoms with Crippen LogP contribution in [0.3, 0.4) is 0 Å². The summed E-state index contributed by atoms with van der Waals surface area (Å²) in [5, 5.41) is 14.2. The molecule has 2 N–H and O–H groups in total. The molecule has 1 aliphatic heterocycles. The summed E-state index contributed by atoms with van der Waals surface area (Å²) in [7, 11) is 0. The quantitative estimate of drug-likeness (QED) is 0.679. The van der Waals surface area contributed by atoms with Crippen LogP contribution in [0.1, 0.15) is 31.0 Å². The van der Waals surface area contributed by atoms with Gasteiger partial charge >= 0.3 is 6.03 Å². The number of aromatic nitrogens is 5. The first-order valence-corrected chi connectivity index (χ1v) is 9.38. The van der Waals surface area contributed by atoms with Crippen molar-refractivity contribution >= 4 is 6.03 Å². The van der Waals surface area contributed by atoms with Crippen LogP contribution in [0.25, 0.3) is 5.69 Å². The van der Waals surface area contributed by atoms with E-state index in [1.54, 1.807) is 17.2 Å². The number of carbonyl (C=O) groups excluding carboxylic acids is 1. The lowest BCUT2D eigenvalue weighted by molar-refractivity contribution is 0.0919. The molecule has 0 spiro atoms. The summed E-state index contributed by atoms with van der Waals surface area (Å²) in [4.78, 5) is 18.4. The van der Waals surface area contributed by atoms with Crippen molar-refractivity contribution in [3.63, 3.8) is 0 Å². The highest BCUT2D eigenvalue weighted by Gasteiger charge is 2.34. The summed E-state index contributed by atoms with van der Waals surface area (Å²) in [5.74, 6) is 0.778. The molecule has 2 amide bonds. The summed E-state index contributed by atoms with van der Waals surface area (Å²) in [6.45, 7) is 3.55. The Hall–Kier alpha value is -3.20. The lowest BCUT2D eigenvalue weighted by atomic mass is 10.1. The van der Waals surface area contributed by atoms with Crippen molar-refractivity contribution in [2.45, 2.75) is 38.6 Å². The minimum absolute atomic E-state index is 0.156. The fraction of sp³-hybridized carbons (Fsp3) is 0.368. The summed E-state index contributed by atoms with van der Waals surface area (Å²) >= 11 is 0. The fourth-order valence-corrected chi connectivity index (χ4v) is 3.28. The van der Waals surface area contributed by atoms with E-state index in [4.69, 9.17) is 4.74 Å². The third-order valence-electron chi connectivity index (χ3n) is 4.66. The maximum Gasteiger partial charge on any atom is 0.315 e. The maximum absolute atomic E-state index is 12.4. The molecule has 2 atom stereocenters. The van der Waals surface area contributed by atoms with Gasteiger partial charge in [0.15, 0.2) is 0 Å². The number of rotatable bonds is 6. The standard InChI is InChI=1S/C19H23N7O2/c1-2-26-22-13-14(24-26)12-21-19(27)23-16-8-11-28-17(16)18-20-9-10-25(18)15-6-4-3-5-7-15/h3-7,9-10,13,16-17H,2,8,11-12H2,1H3,(H2,21,23,27)/t16-,17-/m0/s1. The van der Waals surface area contributed by atoms with Crippen LogP contribution < -0.4 is 10.6 Å². The average molecular weight is 381 g/mol.